The number of thiazole rings is 1. The molecule has 7 heteroatoms. The molecule has 0 bridgehead atoms. The number of aromatic nitrogens is 1. The number of carbonyl (C=O) groups excluding carboxylic acids is 2. The van der Waals surface area contributed by atoms with Crippen molar-refractivity contribution >= 4 is 44.8 Å². The van der Waals surface area contributed by atoms with E-state index in [0.29, 0.717) is 11.3 Å². The third-order valence-electron chi connectivity index (χ3n) is 3.87. The number of rotatable bonds is 5. The zero-order valence-corrected chi connectivity index (χ0v) is 15.5. The van der Waals surface area contributed by atoms with Crippen LogP contribution in [0.15, 0.2) is 48.0 Å². The number of fused-ring (bicyclic) bond motifs is 1. The minimum absolute atomic E-state index is 0.380. The molecule has 0 aliphatic heterocycles. The fourth-order valence-electron chi connectivity index (χ4n) is 2.35. The van der Waals surface area contributed by atoms with E-state index in [1.54, 1.807) is 42.8 Å². The molecule has 0 spiro atoms. The van der Waals surface area contributed by atoms with Gasteiger partial charge in [0, 0.05) is 25.5 Å². The van der Waals surface area contributed by atoms with Gasteiger partial charge in [0.2, 0.25) is 0 Å². The average molecular weight is 369 g/mol. The molecule has 0 radical (unpaired) electrons. The smallest absolute Gasteiger partial charge is 0.338 e. The summed E-state index contributed by atoms with van der Waals surface area (Å²) >= 11 is 1.45. The van der Waals surface area contributed by atoms with Gasteiger partial charge < -0.3 is 15.0 Å². The van der Waals surface area contributed by atoms with Crippen LogP contribution in [0.5, 0.6) is 0 Å². The first-order valence-electron chi connectivity index (χ1n) is 8.06. The normalized spacial score (nSPS) is 11.8. The Morgan fingerprint density at radius 3 is 2.58 bits per heavy atom. The van der Waals surface area contributed by atoms with E-state index < -0.39 is 12.1 Å². The van der Waals surface area contributed by atoms with Crippen LogP contribution in [0.25, 0.3) is 10.2 Å². The summed E-state index contributed by atoms with van der Waals surface area (Å²) in [5.74, 6) is -0.916. The maximum Gasteiger partial charge on any atom is 0.338 e. The first kappa shape index (κ1) is 17.9. The largest absolute Gasteiger partial charge is 0.449 e. The number of carbonyl (C=O) groups is 2. The highest BCUT2D eigenvalue weighted by Crippen LogP contribution is 2.20. The van der Waals surface area contributed by atoms with E-state index in [-0.39, 0.29) is 5.91 Å². The summed E-state index contributed by atoms with van der Waals surface area (Å²) in [6.07, 6.45) is -0.909. The van der Waals surface area contributed by atoms with Gasteiger partial charge in [-0.3, -0.25) is 4.79 Å². The lowest BCUT2D eigenvalue weighted by molar-refractivity contribution is -0.123. The number of hydrogen-bond donors (Lipinski definition) is 1. The summed E-state index contributed by atoms with van der Waals surface area (Å²) in [6, 6.07) is 12.5. The van der Waals surface area contributed by atoms with Gasteiger partial charge in [-0.2, -0.15) is 0 Å². The van der Waals surface area contributed by atoms with Gasteiger partial charge in [-0.15, -0.1) is 11.3 Å². The Kier molecular flexibility index (Phi) is 5.18. The Balaban J connectivity index is 1.61. The van der Waals surface area contributed by atoms with Gasteiger partial charge in [0.05, 0.1) is 21.3 Å². The molecule has 1 amide bonds. The van der Waals surface area contributed by atoms with E-state index in [1.165, 1.54) is 11.3 Å². The fraction of sp³-hybridized carbons (Fsp3) is 0.211. The number of anilines is 2. The predicted octanol–water partition coefficient (Wildman–Crippen LogP) is 3.55. The Morgan fingerprint density at radius 2 is 1.88 bits per heavy atom. The summed E-state index contributed by atoms with van der Waals surface area (Å²) in [7, 11) is 3.89. The average Bonchev–Trinajstić information content (AvgIpc) is 3.09. The number of nitrogens with zero attached hydrogens (tertiary/aromatic N) is 2. The van der Waals surface area contributed by atoms with Crippen LogP contribution in [0.2, 0.25) is 0 Å². The molecule has 6 nitrogen and oxygen atoms in total. The number of hydrogen-bond acceptors (Lipinski definition) is 6. The van der Waals surface area contributed by atoms with E-state index in [4.69, 9.17) is 4.74 Å². The number of ether oxygens (including phenoxy) is 1. The number of benzene rings is 2. The first-order chi connectivity index (χ1) is 12.4. The Bertz CT molecular complexity index is 935. The molecule has 134 valence electrons. The lowest BCUT2D eigenvalue weighted by atomic mass is 10.2. The van der Waals surface area contributed by atoms with Crippen molar-refractivity contribution in [1.82, 2.24) is 4.98 Å². The summed E-state index contributed by atoms with van der Waals surface area (Å²) in [4.78, 5) is 30.7. The van der Waals surface area contributed by atoms with Gasteiger partial charge in [-0.1, -0.05) is 0 Å². The van der Waals surface area contributed by atoms with Gasteiger partial charge in [-0.25, -0.2) is 9.78 Å². The molecule has 1 heterocycles. The molecular formula is C19H19N3O3S. The molecule has 0 saturated heterocycles. The van der Waals surface area contributed by atoms with Crippen LogP contribution in [0.3, 0.4) is 0 Å². The van der Waals surface area contributed by atoms with Crippen LogP contribution in [0.1, 0.15) is 17.3 Å². The van der Waals surface area contributed by atoms with Crippen molar-refractivity contribution in [3.05, 3.63) is 53.5 Å². The highest BCUT2D eigenvalue weighted by molar-refractivity contribution is 7.16. The fourth-order valence-corrected chi connectivity index (χ4v) is 3.07. The monoisotopic (exact) mass is 369 g/mol. The summed E-state index contributed by atoms with van der Waals surface area (Å²) in [5.41, 5.74) is 4.63. The molecule has 1 unspecified atom stereocenters. The Morgan fingerprint density at radius 1 is 1.15 bits per heavy atom. The van der Waals surface area contributed by atoms with Gasteiger partial charge in [-0.05, 0) is 49.4 Å². The van der Waals surface area contributed by atoms with Crippen LogP contribution in [0.4, 0.5) is 11.4 Å². The minimum atomic E-state index is -0.909. The van der Waals surface area contributed by atoms with E-state index in [9.17, 15) is 9.59 Å². The second-order valence-corrected chi connectivity index (χ2v) is 6.90. The van der Waals surface area contributed by atoms with Crippen LogP contribution < -0.4 is 10.2 Å². The van der Waals surface area contributed by atoms with Gasteiger partial charge in [0.1, 0.15) is 0 Å². The van der Waals surface area contributed by atoms with Crippen LogP contribution in [0, 0.1) is 0 Å². The van der Waals surface area contributed by atoms with E-state index in [1.807, 2.05) is 31.1 Å². The lowest BCUT2D eigenvalue weighted by Gasteiger charge is -2.15. The minimum Gasteiger partial charge on any atom is -0.449 e. The van der Waals surface area contributed by atoms with E-state index in [0.717, 1.165) is 15.9 Å². The lowest BCUT2D eigenvalue weighted by Crippen LogP contribution is -2.30. The molecule has 3 rings (SSSR count). The summed E-state index contributed by atoms with van der Waals surface area (Å²) in [5, 5.41) is 2.75. The quantitative estimate of drug-likeness (QED) is 0.697. The second kappa shape index (κ2) is 7.53. The van der Waals surface area contributed by atoms with Crippen molar-refractivity contribution in [1.29, 1.82) is 0 Å². The Hall–Kier alpha value is -2.93. The highest BCUT2D eigenvalue weighted by Gasteiger charge is 2.19. The van der Waals surface area contributed by atoms with E-state index >= 15 is 0 Å². The molecule has 3 aromatic rings. The predicted molar refractivity (Wildman–Crippen MR) is 104 cm³/mol. The standard InChI is InChI=1S/C19H19N3O3S/c1-12(18(23)21-14-5-7-15(8-6-14)22(2)3)25-19(24)13-4-9-16-17(10-13)26-11-20-16/h4-12H,1-3H3,(H,21,23). The highest BCUT2D eigenvalue weighted by atomic mass is 32.1. The third kappa shape index (κ3) is 4.00. The van der Waals surface area contributed by atoms with Gasteiger partial charge >= 0.3 is 5.97 Å². The van der Waals surface area contributed by atoms with Crippen LogP contribution in [-0.2, 0) is 9.53 Å². The van der Waals surface area contributed by atoms with Crippen molar-refractivity contribution in [3.8, 4) is 0 Å². The van der Waals surface area contributed by atoms with Crippen molar-refractivity contribution in [2.24, 2.45) is 0 Å². The molecular weight excluding hydrogens is 350 g/mol. The summed E-state index contributed by atoms with van der Waals surface area (Å²) < 4.78 is 6.18. The molecule has 0 saturated carbocycles. The van der Waals surface area contributed by atoms with Crippen LogP contribution in [-0.4, -0.2) is 37.1 Å². The maximum absolute atomic E-state index is 12.3. The zero-order chi connectivity index (χ0) is 18.7. The molecule has 1 aromatic heterocycles. The van der Waals surface area contributed by atoms with Crippen molar-refractivity contribution in [3.63, 3.8) is 0 Å². The number of amides is 1. The molecule has 1 N–H and O–H groups in total. The molecule has 0 aliphatic carbocycles. The third-order valence-corrected chi connectivity index (χ3v) is 4.66. The van der Waals surface area contributed by atoms with E-state index in [2.05, 4.69) is 10.3 Å². The topological polar surface area (TPSA) is 71.5 Å². The first-order valence-corrected chi connectivity index (χ1v) is 8.94. The van der Waals surface area contributed by atoms with Crippen molar-refractivity contribution < 1.29 is 14.3 Å². The maximum atomic E-state index is 12.3. The SMILES string of the molecule is CC(OC(=O)c1ccc2ncsc2c1)C(=O)Nc1ccc(N(C)C)cc1. The van der Waals surface area contributed by atoms with Gasteiger partial charge in [0.25, 0.3) is 5.91 Å². The molecule has 2 aromatic carbocycles. The molecule has 26 heavy (non-hydrogen) atoms. The van der Waals surface area contributed by atoms with Crippen molar-refractivity contribution in [2.75, 3.05) is 24.3 Å². The summed E-state index contributed by atoms with van der Waals surface area (Å²) in [6.45, 7) is 1.55. The molecule has 1 atom stereocenters. The molecule has 0 aliphatic rings. The zero-order valence-electron chi connectivity index (χ0n) is 14.7. The molecule has 0 fully saturated rings. The van der Waals surface area contributed by atoms with Gasteiger partial charge in [0.15, 0.2) is 6.10 Å². The van der Waals surface area contributed by atoms with Crippen molar-refractivity contribution in [2.45, 2.75) is 13.0 Å². The number of esters is 1. The number of nitrogens with one attached hydrogen (secondary N) is 1. The Labute approximate surface area is 155 Å². The second-order valence-electron chi connectivity index (χ2n) is 6.01. The van der Waals surface area contributed by atoms with Crippen LogP contribution >= 0.6 is 11.3 Å².